The fraction of sp³-hybridized carbons (Fsp3) is 0.600. The van der Waals surface area contributed by atoms with Crippen molar-refractivity contribution in [3.05, 3.63) is 35.9 Å². The van der Waals surface area contributed by atoms with Gasteiger partial charge in [0.05, 0.1) is 6.61 Å². The summed E-state index contributed by atoms with van der Waals surface area (Å²) in [6, 6.07) is 11.1. The van der Waals surface area contributed by atoms with Crippen molar-refractivity contribution >= 4 is 0 Å². The molecular weight excluding hydrogens is 238 g/mol. The van der Waals surface area contributed by atoms with Crippen LogP contribution in [0.3, 0.4) is 0 Å². The van der Waals surface area contributed by atoms with Crippen LogP contribution in [-0.2, 0) is 0 Å². The number of hydrogen-bond donors (Lipinski definition) is 2. The monoisotopic (exact) mass is 263 g/mol. The molecule has 0 bridgehead atoms. The highest BCUT2D eigenvalue weighted by molar-refractivity contribution is 5.19. The lowest BCUT2D eigenvalue weighted by Gasteiger charge is -2.39. The lowest BCUT2D eigenvalue weighted by molar-refractivity contribution is 0.0810. The molecule has 1 aromatic rings. The summed E-state index contributed by atoms with van der Waals surface area (Å²) in [5, 5.41) is 8.98. The lowest BCUT2D eigenvalue weighted by atomic mass is 10.0. The van der Waals surface area contributed by atoms with E-state index in [1.54, 1.807) is 0 Å². The Bertz CT molecular complexity index is 350. The van der Waals surface area contributed by atoms with E-state index >= 15 is 0 Å². The summed E-state index contributed by atoms with van der Waals surface area (Å²) in [6.07, 6.45) is 1.00. The Morgan fingerprint density at radius 3 is 2.37 bits per heavy atom. The second kappa shape index (κ2) is 7.60. The van der Waals surface area contributed by atoms with Crippen LogP contribution in [0.1, 0.15) is 18.0 Å². The Kier molecular flexibility index (Phi) is 5.79. The second-order valence-electron chi connectivity index (χ2n) is 5.11. The average molecular weight is 263 g/mol. The quantitative estimate of drug-likeness (QED) is 0.793. The van der Waals surface area contributed by atoms with Crippen molar-refractivity contribution < 1.29 is 5.11 Å². The summed E-state index contributed by atoms with van der Waals surface area (Å²) >= 11 is 0. The molecule has 1 aromatic carbocycles. The van der Waals surface area contributed by atoms with Crippen molar-refractivity contribution in [3.63, 3.8) is 0 Å². The first kappa shape index (κ1) is 14.5. The highest BCUT2D eigenvalue weighted by Gasteiger charge is 2.24. The van der Waals surface area contributed by atoms with Crippen LogP contribution in [0.25, 0.3) is 0 Å². The van der Waals surface area contributed by atoms with Crippen LogP contribution in [0.15, 0.2) is 30.3 Å². The lowest BCUT2D eigenvalue weighted by Crippen LogP contribution is -2.48. The summed E-state index contributed by atoms with van der Waals surface area (Å²) in [5.74, 6) is 0. The first-order valence-electron chi connectivity index (χ1n) is 7.17. The van der Waals surface area contributed by atoms with Gasteiger partial charge in [0.2, 0.25) is 0 Å². The predicted molar refractivity (Wildman–Crippen MR) is 78.0 cm³/mol. The van der Waals surface area contributed by atoms with E-state index in [-0.39, 0.29) is 6.61 Å². The zero-order valence-corrected chi connectivity index (χ0v) is 11.5. The van der Waals surface area contributed by atoms with Crippen LogP contribution in [0, 0.1) is 0 Å². The number of aliphatic hydroxyl groups excluding tert-OH is 1. The van der Waals surface area contributed by atoms with E-state index in [4.69, 9.17) is 10.8 Å². The minimum atomic E-state index is 0.255. The summed E-state index contributed by atoms with van der Waals surface area (Å²) in [4.78, 5) is 4.84. The number of hydrogen-bond acceptors (Lipinski definition) is 4. The van der Waals surface area contributed by atoms with E-state index in [2.05, 4.69) is 40.1 Å². The van der Waals surface area contributed by atoms with Gasteiger partial charge in [0.1, 0.15) is 0 Å². The molecule has 1 heterocycles. The van der Waals surface area contributed by atoms with Crippen molar-refractivity contribution in [1.82, 2.24) is 9.80 Å². The first-order chi connectivity index (χ1) is 9.35. The number of benzene rings is 1. The zero-order chi connectivity index (χ0) is 13.5. The second-order valence-corrected chi connectivity index (χ2v) is 5.11. The molecule has 0 aromatic heterocycles. The third-order valence-electron chi connectivity index (χ3n) is 3.89. The van der Waals surface area contributed by atoms with Gasteiger partial charge in [-0.05, 0) is 18.5 Å². The summed E-state index contributed by atoms with van der Waals surface area (Å²) in [5.41, 5.74) is 7.14. The molecule has 4 heteroatoms. The predicted octanol–water partition coefficient (Wildman–Crippen LogP) is 0.686. The van der Waals surface area contributed by atoms with Crippen molar-refractivity contribution in [2.45, 2.75) is 12.5 Å². The molecule has 1 aliphatic heterocycles. The van der Waals surface area contributed by atoms with Crippen LogP contribution in [0.2, 0.25) is 0 Å². The Hall–Kier alpha value is -0.940. The van der Waals surface area contributed by atoms with Crippen LogP contribution in [0.5, 0.6) is 0 Å². The van der Waals surface area contributed by atoms with Crippen LogP contribution in [0.4, 0.5) is 0 Å². The highest BCUT2D eigenvalue weighted by atomic mass is 16.3. The summed E-state index contributed by atoms with van der Waals surface area (Å²) in [7, 11) is 0. The molecule has 2 rings (SSSR count). The maximum Gasteiger partial charge on any atom is 0.0558 e. The Morgan fingerprint density at radius 2 is 1.79 bits per heavy atom. The van der Waals surface area contributed by atoms with Crippen molar-refractivity contribution in [3.8, 4) is 0 Å². The van der Waals surface area contributed by atoms with E-state index in [0.29, 0.717) is 6.04 Å². The fourth-order valence-electron chi connectivity index (χ4n) is 2.83. The standard InChI is InChI=1S/C15H25N3O/c16-7-6-15(14-4-2-1-3-5-14)18-10-8-17(9-11-18)12-13-19/h1-5,15,19H,6-13,16H2. The number of aliphatic hydroxyl groups is 1. The Balaban J connectivity index is 1.97. The minimum absolute atomic E-state index is 0.255. The molecule has 1 atom stereocenters. The third kappa shape index (κ3) is 4.01. The van der Waals surface area contributed by atoms with E-state index in [1.165, 1.54) is 5.56 Å². The van der Waals surface area contributed by atoms with E-state index in [9.17, 15) is 0 Å². The van der Waals surface area contributed by atoms with Crippen molar-refractivity contribution in [1.29, 1.82) is 0 Å². The summed E-state index contributed by atoms with van der Waals surface area (Å²) < 4.78 is 0. The molecule has 106 valence electrons. The molecule has 1 aliphatic rings. The van der Waals surface area contributed by atoms with Crippen molar-refractivity contribution in [2.24, 2.45) is 5.73 Å². The van der Waals surface area contributed by atoms with E-state index < -0.39 is 0 Å². The van der Waals surface area contributed by atoms with Crippen LogP contribution >= 0.6 is 0 Å². The van der Waals surface area contributed by atoms with Gasteiger partial charge < -0.3 is 10.8 Å². The van der Waals surface area contributed by atoms with Gasteiger partial charge in [-0.25, -0.2) is 0 Å². The third-order valence-corrected chi connectivity index (χ3v) is 3.89. The van der Waals surface area contributed by atoms with Gasteiger partial charge in [0.25, 0.3) is 0 Å². The summed E-state index contributed by atoms with van der Waals surface area (Å²) in [6.45, 7) is 5.95. The Morgan fingerprint density at radius 1 is 1.11 bits per heavy atom. The molecule has 19 heavy (non-hydrogen) atoms. The molecule has 4 nitrogen and oxygen atoms in total. The number of rotatable bonds is 6. The van der Waals surface area contributed by atoms with Gasteiger partial charge in [-0.1, -0.05) is 30.3 Å². The molecule has 0 amide bonds. The number of nitrogens with zero attached hydrogens (tertiary/aromatic N) is 2. The largest absolute Gasteiger partial charge is 0.395 e. The van der Waals surface area contributed by atoms with Crippen molar-refractivity contribution in [2.75, 3.05) is 45.9 Å². The fourth-order valence-corrected chi connectivity index (χ4v) is 2.83. The normalized spacial score (nSPS) is 19.5. The van der Waals surface area contributed by atoms with E-state index in [1.807, 2.05) is 0 Å². The first-order valence-corrected chi connectivity index (χ1v) is 7.17. The van der Waals surface area contributed by atoms with Gasteiger partial charge in [0.15, 0.2) is 0 Å². The Labute approximate surface area is 115 Å². The SMILES string of the molecule is NCCC(c1ccccc1)N1CCN(CCO)CC1. The van der Waals surface area contributed by atoms with Gasteiger partial charge in [-0.2, -0.15) is 0 Å². The molecule has 1 fully saturated rings. The molecule has 1 unspecified atom stereocenters. The highest BCUT2D eigenvalue weighted by Crippen LogP contribution is 2.24. The molecule has 0 saturated carbocycles. The zero-order valence-electron chi connectivity index (χ0n) is 11.5. The molecular formula is C15H25N3O. The molecule has 1 saturated heterocycles. The number of nitrogens with two attached hydrogens (primary N) is 1. The van der Waals surface area contributed by atoms with Gasteiger partial charge in [0, 0.05) is 38.8 Å². The topological polar surface area (TPSA) is 52.7 Å². The number of β-amino-alcohol motifs (C(OH)–C–C–N with tert-alkyl or cyclic N) is 1. The smallest absolute Gasteiger partial charge is 0.0558 e. The van der Waals surface area contributed by atoms with Gasteiger partial charge in [-0.15, -0.1) is 0 Å². The molecule has 3 N–H and O–H groups in total. The van der Waals surface area contributed by atoms with Gasteiger partial charge >= 0.3 is 0 Å². The van der Waals surface area contributed by atoms with E-state index in [0.717, 1.165) is 45.7 Å². The van der Waals surface area contributed by atoms with Gasteiger partial charge in [-0.3, -0.25) is 9.80 Å². The molecule has 0 radical (unpaired) electrons. The average Bonchev–Trinajstić information content (AvgIpc) is 2.47. The minimum Gasteiger partial charge on any atom is -0.395 e. The van der Waals surface area contributed by atoms with Crippen LogP contribution < -0.4 is 5.73 Å². The molecule has 0 aliphatic carbocycles. The molecule has 0 spiro atoms. The maximum absolute atomic E-state index is 8.98. The van der Waals surface area contributed by atoms with Crippen LogP contribution in [-0.4, -0.2) is 60.8 Å². The maximum atomic E-state index is 8.98. The number of piperazine rings is 1.